The normalized spacial score (nSPS) is 12.0. The second-order valence-electron chi connectivity index (χ2n) is 33.6. The second kappa shape index (κ2) is 45.1. The van der Waals surface area contributed by atoms with Gasteiger partial charge >= 0.3 is 0 Å². The van der Waals surface area contributed by atoms with Gasteiger partial charge in [0.05, 0.1) is 51.5 Å². The number of rotatable bonds is 23. The smallest absolute Gasteiger partial charge is 0.169 e. The Hall–Kier alpha value is -17.3. The summed E-state index contributed by atoms with van der Waals surface area (Å²) in [5, 5.41) is 108. The highest BCUT2D eigenvalue weighted by Crippen LogP contribution is 2.46. The Bertz CT molecular complexity index is 7920. The fourth-order valence-corrected chi connectivity index (χ4v) is 16.8. The Labute approximate surface area is 839 Å². The average Bonchev–Trinajstić information content (AvgIpc) is 0.798. The molecule has 26 nitrogen and oxygen atoms in total. The van der Waals surface area contributed by atoms with Gasteiger partial charge < -0.3 is 81.6 Å². The minimum atomic E-state index is -0.471. The van der Waals surface area contributed by atoms with E-state index >= 15 is 0 Å². The number of anilines is 5. The van der Waals surface area contributed by atoms with Crippen LogP contribution in [0.25, 0.3) is 54.5 Å². The number of fused-ring (bicyclic) bond motifs is 5. The fraction of sp³-hybridized carbons (Fsp3) is 0.123. The molecule has 0 aliphatic carbocycles. The predicted molar refractivity (Wildman–Crippen MR) is 566 cm³/mol. The Kier molecular flexibility index (Phi) is 31.1. The van der Waals surface area contributed by atoms with Crippen LogP contribution in [-0.2, 0) is 0 Å². The van der Waals surface area contributed by atoms with Crippen molar-refractivity contribution in [1.29, 1.82) is 0 Å². The van der Waals surface area contributed by atoms with Gasteiger partial charge in [-0.3, -0.25) is 4.98 Å². The minimum absolute atomic E-state index is 0.0236. The fourth-order valence-electron chi connectivity index (χ4n) is 16.4. The molecule has 0 spiro atoms. The van der Waals surface area contributed by atoms with Crippen LogP contribution in [0.1, 0.15) is 120 Å². The van der Waals surface area contributed by atoms with Crippen molar-refractivity contribution in [3.05, 3.63) is 439 Å². The summed E-state index contributed by atoms with van der Waals surface area (Å²) >= 11 is 18.1. The number of benzene rings is 10. The number of halogens is 3. The number of hydrogen-bond donors (Lipinski definition) is 13. The summed E-state index contributed by atoms with van der Waals surface area (Å²) in [5.41, 5.74) is 16.0. The Balaban J connectivity index is 0.000000128. The summed E-state index contributed by atoms with van der Waals surface area (Å²) in [6, 6.07) is 89.0. The van der Waals surface area contributed by atoms with Gasteiger partial charge in [0, 0.05) is 130 Å². The lowest BCUT2D eigenvalue weighted by Gasteiger charge is -2.23. The molecule has 29 heteroatoms. The Morgan fingerprint density at radius 3 is 0.944 bits per heavy atom. The van der Waals surface area contributed by atoms with Gasteiger partial charge in [0.15, 0.2) is 46.2 Å². The standard InChI is InChI=1S/C24H23N3O3.C23H20ClN3O2.C23H21N3O2.2C22H18ClN3O2/c1-15-7-8-16-9-11-18(24(28)23(16)26-15)22(27-21-6-4-5-13-25-21)17-10-12-19(29-2)20(14-17)30-3;1-13-12-16-7-10-18(22(29)21(16)26-14(13)2)20(15-5-8-17(24)9-6-15)27-23-19(28)4-3-11-25-23;1-15-6-7-17-10-13-19(23(27)22(17)25-15)21(26-20-5-3-4-14-24-20)16-8-11-18(28-2)12-9-16;1-13-11-15-6-9-17(21(28)20(15)25-12-13)19(14-4-7-16(23)8-5-14)26-22-18(27)3-2-10-24-22;1-13-4-5-15-8-11-17(21(28)20(15)25-13)19(14-6-9-16(23)10-7-14)26-22-18(27)3-2-12-24-22/h4-14,22,28H,1-3H3,(H,25,27);3-12,20,28-29H,1-2H3,(H,25,27);3-14,21,27H,1-2H3,(H,24,26);2*2-12,19,27-28H,1H3,(H,24,26). The molecule has 143 heavy (non-hydrogen) atoms. The summed E-state index contributed by atoms with van der Waals surface area (Å²) < 4.78 is 16.1. The molecule has 5 unspecified atom stereocenters. The van der Waals surface area contributed by atoms with E-state index < -0.39 is 18.1 Å². The van der Waals surface area contributed by atoms with Crippen molar-refractivity contribution in [2.45, 2.75) is 71.8 Å². The number of hydrogen-bond acceptors (Lipinski definition) is 26. The van der Waals surface area contributed by atoms with Crippen LogP contribution in [0, 0.1) is 41.5 Å². The molecule has 20 aromatic rings. The van der Waals surface area contributed by atoms with Crippen molar-refractivity contribution in [1.82, 2.24) is 49.8 Å². The number of methoxy groups -OCH3 is 3. The average molecular weight is 1960 g/mol. The molecule has 0 aliphatic heterocycles. The van der Waals surface area contributed by atoms with E-state index in [1.165, 1.54) is 0 Å². The third-order valence-electron chi connectivity index (χ3n) is 23.9. The molecule has 0 saturated heterocycles. The van der Waals surface area contributed by atoms with Gasteiger partial charge in [-0.05, 0) is 232 Å². The van der Waals surface area contributed by atoms with Gasteiger partial charge in [0.1, 0.15) is 73.7 Å². The molecule has 10 heterocycles. The summed E-state index contributed by atoms with van der Waals surface area (Å²) in [5.74, 6) is 5.03. The van der Waals surface area contributed by atoms with Crippen LogP contribution in [0.2, 0.25) is 15.1 Å². The minimum Gasteiger partial charge on any atom is -0.505 e. The maximum atomic E-state index is 11.1. The van der Waals surface area contributed by atoms with E-state index in [9.17, 15) is 40.9 Å². The van der Waals surface area contributed by atoms with Crippen LogP contribution >= 0.6 is 34.8 Å². The van der Waals surface area contributed by atoms with Crippen molar-refractivity contribution in [3.8, 4) is 63.2 Å². The monoisotopic (exact) mass is 1960 g/mol. The SMILES string of the molecule is COc1ccc(C(Nc2ccccn2)c2ccc3ccc(C)nc3c2O)cc1.COc1ccc(C(Nc2ccccn2)c2ccc3ccc(C)nc3c2O)cc1OC.Cc1cc2ccc(C(Nc3ncccc3O)c3ccc(Cl)cc3)c(O)c2nc1C.Cc1ccc2ccc(C(Nc3ncccc3O)c3ccc(Cl)cc3)c(O)c2n1.Cc1cnc2c(O)c(C(Nc3ncccc3O)c3ccc(Cl)cc3)ccc2c1. The van der Waals surface area contributed by atoms with E-state index in [1.807, 2.05) is 266 Å². The van der Waals surface area contributed by atoms with Crippen LogP contribution in [0.3, 0.4) is 0 Å². The van der Waals surface area contributed by atoms with Gasteiger partial charge in [-0.1, -0.05) is 180 Å². The molecule has 0 bridgehead atoms. The van der Waals surface area contributed by atoms with E-state index in [0.717, 1.165) is 106 Å². The first kappa shape index (κ1) is 98.7. The topological polar surface area (TPSA) is 379 Å². The lowest BCUT2D eigenvalue weighted by Crippen LogP contribution is -2.14. The zero-order chi connectivity index (χ0) is 100. The number of phenolic OH excluding ortho intramolecular Hbond substituents is 5. The zero-order valence-electron chi connectivity index (χ0n) is 79.0. The molecule has 0 saturated carbocycles. The zero-order valence-corrected chi connectivity index (χ0v) is 81.3. The Morgan fingerprint density at radius 1 is 0.266 bits per heavy atom. The first-order valence-corrected chi connectivity index (χ1v) is 46.5. The first-order valence-electron chi connectivity index (χ1n) is 45.4. The second-order valence-corrected chi connectivity index (χ2v) is 34.9. The van der Waals surface area contributed by atoms with Crippen molar-refractivity contribution in [2.24, 2.45) is 0 Å². The number of pyridine rings is 10. The third-order valence-corrected chi connectivity index (χ3v) is 24.7. The molecule has 718 valence electrons. The van der Waals surface area contributed by atoms with Gasteiger partial charge in [-0.25, -0.2) is 44.9 Å². The van der Waals surface area contributed by atoms with Gasteiger partial charge in [0.25, 0.3) is 0 Å². The number of phenols is 5. The molecule has 10 aromatic heterocycles. The van der Waals surface area contributed by atoms with E-state index in [2.05, 4.69) is 76.4 Å². The van der Waals surface area contributed by atoms with Gasteiger partial charge in [-0.15, -0.1) is 0 Å². The summed E-state index contributed by atoms with van der Waals surface area (Å²) in [6.45, 7) is 11.6. The van der Waals surface area contributed by atoms with Crippen molar-refractivity contribution >= 4 is 118 Å². The van der Waals surface area contributed by atoms with Crippen molar-refractivity contribution in [3.63, 3.8) is 0 Å². The molecule has 20 rings (SSSR count). The summed E-state index contributed by atoms with van der Waals surface area (Å²) in [4.78, 5) is 43.9. The maximum Gasteiger partial charge on any atom is 0.169 e. The van der Waals surface area contributed by atoms with Crippen molar-refractivity contribution in [2.75, 3.05) is 47.9 Å². The highest BCUT2D eigenvalue weighted by atomic mass is 35.5. The summed E-state index contributed by atoms with van der Waals surface area (Å²) in [7, 11) is 4.84. The predicted octanol–water partition coefficient (Wildman–Crippen LogP) is 25.6. The van der Waals surface area contributed by atoms with Crippen LogP contribution < -0.4 is 40.8 Å². The molecule has 0 amide bonds. The molecule has 0 fully saturated rings. The van der Waals surface area contributed by atoms with E-state index in [0.29, 0.717) is 99.7 Å². The molecule has 10 aromatic carbocycles. The highest BCUT2D eigenvalue weighted by molar-refractivity contribution is 6.31. The molecule has 0 aliphatic rings. The molecular weight excluding hydrogens is 1860 g/mol. The van der Waals surface area contributed by atoms with Gasteiger partial charge in [-0.2, -0.15) is 0 Å². The van der Waals surface area contributed by atoms with Gasteiger partial charge in [0.2, 0.25) is 0 Å². The first-order chi connectivity index (χ1) is 69.2. The largest absolute Gasteiger partial charge is 0.505 e. The number of ether oxygens (including phenoxy) is 3. The summed E-state index contributed by atoms with van der Waals surface area (Å²) in [6.07, 6.45) is 9.95. The van der Waals surface area contributed by atoms with E-state index in [4.69, 9.17) is 49.0 Å². The van der Waals surface area contributed by atoms with Crippen LogP contribution in [0.4, 0.5) is 29.1 Å². The molecule has 0 radical (unpaired) electrons. The number of aryl methyl sites for hydroxylation is 6. The van der Waals surface area contributed by atoms with Crippen molar-refractivity contribution < 1.29 is 55.1 Å². The lowest BCUT2D eigenvalue weighted by atomic mass is 9.95. The Morgan fingerprint density at radius 2 is 0.587 bits per heavy atom. The van der Waals surface area contributed by atoms with Crippen LogP contribution in [0.5, 0.6) is 63.2 Å². The molecule has 13 N–H and O–H groups in total. The maximum absolute atomic E-state index is 11.1. The lowest BCUT2D eigenvalue weighted by molar-refractivity contribution is 0.354. The van der Waals surface area contributed by atoms with E-state index in [1.54, 1.807) is 131 Å². The number of nitrogens with zero attached hydrogens (tertiary/aromatic N) is 10. The quantitative estimate of drug-likeness (QED) is 0.0283. The number of aromatic nitrogens is 10. The third kappa shape index (κ3) is 23.3. The van der Waals surface area contributed by atoms with Crippen LogP contribution in [-0.4, -0.2) is 112 Å². The number of nitrogens with one attached hydrogen (secondary N) is 5. The molecular formula is C114H100Cl3N15O11. The highest BCUT2D eigenvalue weighted by Gasteiger charge is 2.29. The number of aromatic hydroxyl groups is 8. The molecule has 5 atom stereocenters. The van der Waals surface area contributed by atoms with Crippen LogP contribution in [0.15, 0.2) is 334 Å². The van der Waals surface area contributed by atoms with E-state index in [-0.39, 0.29) is 58.1 Å².